The molecule has 0 radical (unpaired) electrons. The van der Waals surface area contributed by atoms with E-state index in [1.54, 1.807) is 17.5 Å². The molecule has 20 heavy (non-hydrogen) atoms. The van der Waals surface area contributed by atoms with E-state index in [0.29, 0.717) is 22.5 Å². The third kappa shape index (κ3) is 2.78. The van der Waals surface area contributed by atoms with Crippen molar-refractivity contribution in [3.63, 3.8) is 0 Å². The number of anilines is 1. The van der Waals surface area contributed by atoms with Crippen LogP contribution in [-0.2, 0) is 11.2 Å². The lowest BCUT2D eigenvalue weighted by molar-refractivity contribution is -0.115. The Bertz CT molecular complexity index is 702. The highest BCUT2D eigenvalue weighted by Gasteiger charge is 2.15. The second-order valence-corrected chi connectivity index (χ2v) is 5.90. The minimum atomic E-state index is -0.144. The lowest BCUT2D eigenvalue weighted by Crippen LogP contribution is -2.14. The Morgan fingerprint density at radius 3 is 3.00 bits per heavy atom. The topological polar surface area (TPSA) is 68.0 Å². The smallest absolute Gasteiger partial charge is 0.236 e. The summed E-state index contributed by atoms with van der Waals surface area (Å²) in [5.74, 6) is 1.09. The molecule has 3 aromatic rings. The first-order valence-corrected chi connectivity index (χ1v) is 7.68. The molecule has 0 aromatic carbocycles. The normalized spacial score (nSPS) is 10.7. The molecule has 0 saturated heterocycles. The second-order valence-electron chi connectivity index (χ2n) is 4.06. The number of thiophene rings is 1. The van der Waals surface area contributed by atoms with E-state index in [1.165, 1.54) is 11.3 Å². The number of carbonyl (C=O) groups excluding carboxylic acids is 1. The number of oxazole rings is 1. The van der Waals surface area contributed by atoms with Gasteiger partial charge >= 0.3 is 0 Å². The van der Waals surface area contributed by atoms with Crippen LogP contribution in [0.4, 0.5) is 5.13 Å². The number of thiazole rings is 1. The molecule has 0 unspecified atom stereocenters. The first-order valence-electron chi connectivity index (χ1n) is 5.92. The van der Waals surface area contributed by atoms with Gasteiger partial charge in [-0.1, -0.05) is 6.07 Å². The van der Waals surface area contributed by atoms with Crippen molar-refractivity contribution in [2.24, 2.45) is 0 Å². The highest BCUT2D eigenvalue weighted by molar-refractivity contribution is 7.13. The minimum Gasteiger partial charge on any atom is -0.440 e. The summed E-state index contributed by atoms with van der Waals surface area (Å²) in [7, 11) is 0. The Morgan fingerprint density at radius 2 is 2.30 bits per heavy atom. The molecule has 3 rings (SSSR count). The van der Waals surface area contributed by atoms with Crippen LogP contribution in [0.15, 0.2) is 33.5 Å². The van der Waals surface area contributed by atoms with E-state index in [9.17, 15) is 4.79 Å². The van der Waals surface area contributed by atoms with Crippen LogP contribution < -0.4 is 5.32 Å². The molecule has 1 N–H and O–H groups in total. The average molecular weight is 305 g/mol. The predicted molar refractivity (Wildman–Crippen MR) is 79.0 cm³/mol. The number of rotatable bonds is 4. The molecular formula is C13H11N3O2S2. The predicted octanol–water partition coefficient (Wildman–Crippen LogP) is 3.35. The van der Waals surface area contributed by atoms with Gasteiger partial charge in [-0.25, -0.2) is 9.97 Å². The zero-order chi connectivity index (χ0) is 13.9. The van der Waals surface area contributed by atoms with Crippen molar-refractivity contribution in [1.82, 2.24) is 9.97 Å². The van der Waals surface area contributed by atoms with Gasteiger partial charge in [0.05, 0.1) is 17.0 Å². The lowest BCUT2D eigenvalue weighted by Gasteiger charge is -1.99. The summed E-state index contributed by atoms with van der Waals surface area (Å²) in [6, 6.07) is 3.88. The fraction of sp³-hybridized carbons (Fsp3) is 0.154. The standard InChI is InChI=1S/C13H11N3O2S2/c1-8-9(7-11(17)16-13-14-4-6-20-13)15-12(18-8)10-3-2-5-19-10/h2-6H,7H2,1H3,(H,14,16,17). The molecule has 0 fully saturated rings. The van der Waals surface area contributed by atoms with E-state index in [1.807, 2.05) is 29.8 Å². The lowest BCUT2D eigenvalue weighted by atomic mass is 10.2. The monoisotopic (exact) mass is 305 g/mol. The van der Waals surface area contributed by atoms with E-state index in [2.05, 4.69) is 15.3 Å². The van der Waals surface area contributed by atoms with Gasteiger partial charge < -0.3 is 9.73 Å². The Morgan fingerprint density at radius 1 is 1.40 bits per heavy atom. The Kier molecular flexibility index (Phi) is 3.62. The van der Waals surface area contributed by atoms with Crippen molar-refractivity contribution < 1.29 is 9.21 Å². The van der Waals surface area contributed by atoms with Gasteiger partial charge in [-0.15, -0.1) is 22.7 Å². The number of nitrogens with zero attached hydrogens (tertiary/aromatic N) is 2. The highest BCUT2D eigenvalue weighted by Crippen LogP contribution is 2.26. The number of hydrogen-bond donors (Lipinski definition) is 1. The van der Waals surface area contributed by atoms with Crippen molar-refractivity contribution in [1.29, 1.82) is 0 Å². The van der Waals surface area contributed by atoms with Crippen LogP contribution in [0.1, 0.15) is 11.5 Å². The second kappa shape index (κ2) is 5.56. The Hall–Kier alpha value is -1.99. The fourth-order valence-corrected chi connectivity index (χ4v) is 2.89. The van der Waals surface area contributed by atoms with Crippen LogP contribution in [0, 0.1) is 6.92 Å². The minimum absolute atomic E-state index is 0.144. The Labute approximate surface area is 123 Å². The van der Waals surface area contributed by atoms with Crippen molar-refractivity contribution in [3.05, 3.63) is 40.5 Å². The zero-order valence-corrected chi connectivity index (χ0v) is 12.3. The van der Waals surface area contributed by atoms with E-state index < -0.39 is 0 Å². The number of hydrogen-bond acceptors (Lipinski definition) is 6. The summed E-state index contributed by atoms with van der Waals surface area (Å²) in [6.45, 7) is 1.82. The van der Waals surface area contributed by atoms with E-state index in [0.717, 1.165) is 4.88 Å². The molecule has 1 amide bonds. The molecule has 3 heterocycles. The van der Waals surface area contributed by atoms with E-state index >= 15 is 0 Å². The summed E-state index contributed by atoms with van der Waals surface area (Å²) in [5, 5.41) is 7.10. The summed E-state index contributed by atoms with van der Waals surface area (Å²) < 4.78 is 5.60. The van der Waals surface area contributed by atoms with Gasteiger partial charge in [-0.05, 0) is 18.4 Å². The van der Waals surface area contributed by atoms with Crippen molar-refractivity contribution in [2.45, 2.75) is 13.3 Å². The maximum atomic E-state index is 11.9. The van der Waals surface area contributed by atoms with Crippen LogP contribution in [0.25, 0.3) is 10.8 Å². The SMILES string of the molecule is Cc1oc(-c2cccs2)nc1CC(=O)Nc1nccs1. The first kappa shape index (κ1) is 13.0. The van der Waals surface area contributed by atoms with Crippen LogP contribution in [0.3, 0.4) is 0 Å². The average Bonchev–Trinajstić information content (AvgIpc) is 3.12. The molecule has 0 aliphatic carbocycles. The number of carbonyl (C=O) groups is 1. The molecule has 0 saturated carbocycles. The third-order valence-corrected chi connectivity index (χ3v) is 4.18. The van der Waals surface area contributed by atoms with Crippen molar-refractivity contribution >= 4 is 33.7 Å². The largest absolute Gasteiger partial charge is 0.440 e. The van der Waals surface area contributed by atoms with Crippen LogP contribution in [-0.4, -0.2) is 15.9 Å². The molecule has 0 bridgehead atoms. The molecule has 0 atom stereocenters. The van der Waals surface area contributed by atoms with Crippen molar-refractivity contribution in [3.8, 4) is 10.8 Å². The fourth-order valence-electron chi connectivity index (χ4n) is 1.70. The van der Waals surface area contributed by atoms with E-state index in [4.69, 9.17) is 4.42 Å². The van der Waals surface area contributed by atoms with Crippen LogP contribution >= 0.6 is 22.7 Å². The molecule has 0 spiro atoms. The number of nitrogens with one attached hydrogen (secondary N) is 1. The summed E-state index contributed by atoms with van der Waals surface area (Å²) in [5.41, 5.74) is 0.655. The van der Waals surface area contributed by atoms with E-state index in [-0.39, 0.29) is 12.3 Å². The summed E-state index contributed by atoms with van der Waals surface area (Å²) in [6.07, 6.45) is 1.83. The molecule has 0 aliphatic heterocycles. The van der Waals surface area contributed by atoms with Gasteiger partial charge in [0.15, 0.2) is 5.13 Å². The Balaban J connectivity index is 1.73. The quantitative estimate of drug-likeness (QED) is 0.802. The summed E-state index contributed by atoms with van der Waals surface area (Å²) in [4.78, 5) is 21.3. The zero-order valence-electron chi connectivity index (χ0n) is 10.6. The molecule has 102 valence electrons. The van der Waals surface area contributed by atoms with Gasteiger partial charge in [0, 0.05) is 11.6 Å². The summed E-state index contributed by atoms with van der Waals surface area (Å²) >= 11 is 2.94. The highest BCUT2D eigenvalue weighted by atomic mass is 32.1. The van der Waals surface area contributed by atoms with Crippen LogP contribution in [0.5, 0.6) is 0 Å². The van der Waals surface area contributed by atoms with Gasteiger partial charge in [-0.3, -0.25) is 4.79 Å². The van der Waals surface area contributed by atoms with Gasteiger partial charge in [-0.2, -0.15) is 0 Å². The number of aryl methyl sites for hydroxylation is 1. The molecule has 7 heteroatoms. The van der Waals surface area contributed by atoms with Gasteiger partial charge in [0.2, 0.25) is 11.8 Å². The maximum Gasteiger partial charge on any atom is 0.236 e. The molecule has 0 aliphatic rings. The van der Waals surface area contributed by atoms with Crippen LogP contribution in [0.2, 0.25) is 0 Å². The number of aromatic nitrogens is 2. The third-order valence-electron chi connectivity index (χ3n) is 2.63. The van der Waals surface area contributed by atoms with Crippen molar-refractivity contribution in [2.75, 3.05) is 5.32 Å². The number of amides is 1. The van der Waals surface area contributed by atoms with Gasteiger partial charge in [0.25, 0.3) is 0 Å². The molecule has 5 nitrogen and oxygen atoms in total. The first-order chi connectivity index (χ1) is 9.72. The maximum absolute atomic E-state index is 11.9. The molecule has 3 aromatic heterocycles. The van der Waals surface area contributed by atoms with Gasteiger partial charge in [0.1, 0.15) is 5.76 Å². The molecular weight excluding hydrogens is 294 g/mol.